The molecule has 28 heavy (non-hydrogen) atoms. The number of rotatable bonds is 3. The van der Waals surface area contributed by atoms with Crippen LogP contribution in [0.4, 0.5) is 9.52 Å². The van der Waals surface area contributed by atoms with Crippen molar-refractivity contribution in [1.29, 1.82) is 0 Å². The molecule has 1 aromatic carbocycles. The molecule has 2 aromatic heterocycles. The van der Waals surface area contributed by atoms with Gasteiger partial charge in [-0.1, -0.05) is 46.7 Å². The van der Waals surface area contributed by atoms with Gasteiger partial charge < -0.3 is 4.74 Å². The van der Waals surface area contributed by atoms with Crippen molar-refractivity contribution in [3.63, 3.8) is 0 Å². The van der Waals surface area contributed by atoms with Gasteiger partial charge in [0.25, 0.3) is 5.91 Å². The number of amides is 1. The summed E-state index contributed by atoms with van der Waals surface area (Å²) in [5.74, 6) is -0.561. The Morgan fingerprint density at radius 1 is 1.25 bits per heavy atom. The lowest BCUT2D eigenvalue weighted by Crippen LogP contribution is -2.13. The van der Waals surface area contributed by atoms with E-state index in [2.05, 4.69) is 15.3 Å². The van der Waals surface area contributed by atoms with Crippen molar-refractivity contribution < 1.29 is 13.9 Å². The monoisotopic (exact) mass is 437 g/mol. The standard InChI is InChI=1S/C19H14Cl2FN3O2S/c1-27-14-7-3-5-10-9(14)4-2-6-13-15(10)28-19(23-13)25-18(26)11-8-12(22)17(21)24-16(11)20/h3,5,7-8H,2,4,6H2,1H3,(H,23,25,26). The quantitative estimate of drug-likeness (QED) is 0.557. The molecule has 2 heterocycles. The molecule has 0 unspecified atom stereocenters. The van der Waals surface area contributed by atoms with Crippen LogP contribution in [0.2, 0.25) is 10.3 Å². The van der Waals surface area contributed by atoms with Crippen molar-refractivity contribution in [3.8, 4) is 16.2 Å². The van der Waals surface area contributed by atoms with Gasteiger partial charge in [-0.3, -0.25) is 10.1 Å². The van der Waals surface area contributed by atoms with Crippen molar-refractivity contribution in [3.05, 3.63) is 57.2 Å². The van der Waals surface area contributed by atoms with Crippen molar-refractivity contribution in [1.82, 2.24) is 9.97 Å². The van der Waals surface area contributed by atoms with Gasteiger partial charge in [0.2, 0.25) is 0 Å². The van der Waals surface area contributed by atoms with Gasteiger partial charge in [0.15, 0.2) is 16.1 Å². The minimum atomic E-state index is -0.813. The summed E-state index contributed by atoms with van der Waals surface area (Å²) < 4.78 is 19.2. The summed E-state index contributed by atoms with van der Waals surface area (Å²) in [5.41, 5.74) is 3.01. The summed E-state index contributed by atoms with van der Waals surface area (Å²) >= 11 is 12.9. The summed E-state index contributed by atoms with van der Waals surface area (Å²) in [4.78, 5) is 21.7. The van der Waals surface area contributed by atoms with Crippen molar-refractivity contribution in [2.75, 3.05) is 12.4 Å². The number of methoxy groups -OCH3 is 1. The van der Waals surface area contributed by atoms with Gasteiger partial charge >= 0.3 is 0 Å². The Kier molecular flexibility index (Phi) is 5.23. The molecule has 1 N–H and O–H groups in total. The first-order chi connectivity index (χ1) is 13.5. The number of aryl methyl sites for hydroxylation is 1. The first kappa shape index (κ1) is 19.1. The molecule has 0 aliphatic heterocycles. The Morgan fingerprint density at radius 3 is 2.86 bits per heavy atom. The van der Waals surface area contributed by atoms with E-state index in [1.807, 2.05) is 18.2 Å². The van der Waals surface area contributed by atoms with Crippen LogP contribution in [0.15, 0.2) is 24.3 Å². The number of nitrogens with zero attached hydrogens (tertiary/aromatic N) is 2. The van der Waals surface area contributed by atoms with E-state index in [1.165, 1.54) is 11.3 Å². The van der Waals surface area contributed by atoms with Crippen molar-refractivity contribution >= 4 is 45.6 Å². The summed E-state index contributed by atoms with van der Waals surface area (Å²) in [6.45, 7) is 0. The molecule has 9 heteroatoms. The third-order valence-electron chi connectivity index (χ3n) is 4.49. The average Bonchev–Trinajstić information content (AvgIpc) is 2.98. The summed E-state index contributed by atoms with van der Waals surface area (Å²) in [7, 11) is 1.66. The highest BCUT2D eigenvalue weighted by molar-refractivity contribution is 7.19. The van der Waals surface area contributed by atoms with Gasteiger partial charge in [0, 0.05) is 11.1 Å². The lowest BCUT2D eigenvalue weighted by molar-refractivity contribution is 0.102. The molecule has 5 nitrogen and oxygen atoms in total. The van der Waals surface area contributed by atoms with Gasteiger partial charge in [-0.2, -0.15) is 0 Å². The second-order valence-corrected chi connectivity index (χ2v) is 7.90. The van der Waals surface area contributed by atoms with E-state index < -0.39 is 11.7 Å². The fraction of sp³-hybridized carbons (Fsp3) is 0.211. The number of anilines is 1. The van der Waals surface area contributed by atoms with Gasteiger partial charge in [0.1, 0.15) is 10.9 Å². The highest BCUT2D eigenvalue weighted by atomic mass is 35.5. The normalized spacial score (nSPS) is 12.7. The first-order valence-electron chi connectivity index (χ1n) is 8.46. The van der Waals surface area contributed by atoms with Crippen LogP contribution >= 0.6 is 34.5 Å². The average molecular weight is 438 g/mol. The fourth-order valence-electron chi connectivity index (χ4n) is 3.21. The van der Waals surface area contributed by atoms with Crippen LogP contribution in [0.5, 0.6) is 5.75 Å². The number of nitrogens with one attached hydrogen (secondary N) is 1. The Bertz CT molecular complexity index is 1090. The molecule has 0 spiro atoms. The molecule has 0 saturated carbocycles. The molecule has 144 valence electrons. The highest BCUT2D eigenvalue weighted by Crippen LogP contribution is 2.41. The third-order valence-corrected chi connectivity index (χ3v) is 6.09. The van der Waals surface area contributed by atoms with E-state index in [9.17, 15) is 9.18 Å². The smallest absolute Gasteiger partial charge is 0.260 e. The number of halogens is 3. The van der Waals surface area contributed by atoms with Crippen molar-refractivity contribution in [2.45, 2.75) is 19.3 Å². The summed E-state index contributed by atoms with van der Waals surface area (Å²) in [5, 5.41) is 2.55. The number of aromatic nitrogens is 2. The number of pyridine rings is 1. The number of carbonyl (C=O) groups excluding carboxylic acids is 1. The van der Waals surface area contributed by atoms with Gasteiger partial charge in [0.05, 0.1) is 23.2 Å². The van der Waals surface area contributed by atoms with Gasteiger partial charge in [-0.25, -0.2) is 14.4 Å². The number of hydrogen-bond donors (Lipinski definition) is 1. The SMILES string of the molecule is COc1cccc2c1CCCc1nc(NC(=O)c3cc(F)c(Cl)nc3Cl)sc1-2. The number of thiazole rings is 1. The second kappa shape index (κ2) is 7.66. The first-order valence-corrected chi connectivity index (χ1v) is 10.0. The van der Waals surface area contributed by atoms with Gasteiger partial charge in [-0.15, -0.1) is 0 Å². The zero-order valence-electron chi connectivity index (χ0n) is 14.7. The van der Waals surface area contributed by atoms with E-state index in [1.54, 1.807) is 7.11 Å². The summed E-state index contributed by atoms with van der Waals surface area (Å²) in [6.07, 6.45) is 2.61. The largest absolute Gasteiger partial charge is 0.496 e. The van der Waals surface area contributed by atoms with E-state index in [-0.39, 0.29) is 15.9 Å². The second-order valence-electron chi connectivity index (χ2n) is 6.19. The molecule has 0 saturated heterocycles. The summed E-state index contributed by atoms with van der Waals surface area (Å²) in [6, 6.07) is 6.87. The van der Waals surface area contributed by atoms with Crippen LogP contribution in [0.3, 0.4) is 0 Å². The molecule has 4 rings (SSSR count). The van der Waals surface area contributed by atoms with Crippen LogP contribution in [0.25, 0.3) is 10.4 Å². The fourth-order valence-corrected chi connectivity index (χ4v) is 4.68. The number of fused-ring (bicyclic) bond motifs is 3. The lowest BCUT2D eigenvalue weighted by Gasteiger charge is -2.10. The minimum absolute atomic E-state index is 0.101. The Labute approximate surface area is 174 Å². The number of hydrogen-bond acceptors (Lipinski definition) is 5. The molecule has 0 fully saturated rings. The van der Waals surface area contributed by atoms with Crippen LogP contribution in [-0.4, -0.2) is 23.0 Å². The maximum absolute atomic E-state index is 13.7. The molecule has 0 bridgehead atoms. The molecule has 3 aromatic rings. The molecule has 1 aliphatic rings. The molecule has 0 atom stereocenters. The van der Waals surface area contributed by atoms with Crippen LogP contribution in [-0.2, 0) is 12.8 Å². The Morgan fingerprint density at radius 2 is 2.07 bits per heavy atom. The predicted molar refractivity (Wildman–Crippen MR) is 108 cm³/mol. The number of ether oxygens (including phenoxy) is 1. The van der Waals surface area contributed by atoms with E-state index >= 15 is 0 Å². The molecule has 0 radical (unpaired) electrons. The predicted octanol–water partition coefficient (Wildman–Crippen LogP) is 5.40. The van der Waals surface area contributed by atoms with Crippen LogP contribution in [0, 0.1) is 5.82 Å². The number of benzene rings is 1. The zero-order valence-corrected chi connectivity index (χ0v) is 17.0. The van der Waals surface area contributed by atoms with Gasteiger partial charge in [-0.05, 0) is 31.4 Å². The lowest BCUT2D eigenvalue weighted by atomic mass is 10.0. The topological polar surface area (TPSA) is 64.1 Å². The van der Waals surface area contributed by atoms with Crippen LogP contribution in [0.1, 0.15) is 28.0 Å². The minimum Gasteiger partial charge on any atom is -0.496 e. The number of carbonyl (C=O) groups is 1. The molecular formula is C19H14Cl2FN3O2S. The Hall–Kier alpha value is -2.22. The van der Waals surface area contributed by atoms with E-state index in [0.29, 0.717) is 5.13 Å². The van der Waals surface area contributed by atoms with E-state index in [4.69, 9.17) is 27.9 Å². The third kappa shape index (κ3) is 3.45. The zero-order chi connectivity index (χ0) is 19.8. The van der Waals surface area contributed by atoms with Crippen molar-refractivity contribution in [2.24, 2.45) is 0 Å². The Balaban J connectivity index is 1.68. The van der Waals surface area contributed by atoms with Crippen LogP contribution < -0.4 is 10.1 Å². The maximum Gasteiger partial charge on any atom is 0.260 e. The molecular weight excluding hydrogens is 424 g/mol. The maximum atomic E-state index is 13.7. The molecule has 1 aliphatic carbocycles. The molecule has 1 amide bonds. The highest BCUT2D eigenvalue weighted by Gasteiger charge is 2.23. The van der Waals surface area contributed by atoms with E-state index in [0.717, 1.165) is 52.8 Å².